The smallest absolute Gasteiger partial charge is 0.151 e. The van der Waals surface area contributed by atoms with Gasteiger partial charge in [0.1, 0.15) is 0 Å². The van der Waals surface area contributed by atoms with Gasteiger partial charge in [0.15, 0.2) is 5.66 Å². The van der Waals surface area contributed by atoms with Crippen LogP contribution in [-0.2, 0) is 0 Å². The van der Waals surface area contributed by atoms with E-state index in [0.29, 0.717) is 5.02 Å². The van der Waals surface area contributed by atoms with Crippen LogP contribution >= 0.6 is 11.6 Å². The molecule has 0 spiro atoms. The highest BCUT2D eigenvalue weighted by Gasteiger charge is 2.30. The van der Waals surface area contributed by atoms with Gasteiger partial charge in [0.2, 0.25) is 0 Å². The van der Waals surface area contributed by atoms with Crippen LogP contribution in [0.5, 0.6) is 0 Å². The van der Waals surface area contributed by atoms with E-state index in [1.807, 2.05) is 62.4 Å². The maximum absolute atomic E-state index is 10.5. The van der Waals surface area contributed by atoms with Gasteiger partial charge in [0.25, 0.3) is 0 Å². The van der Waals surface area contributed by atoms with Crippen molar-refractivity contribution in [3.8, 4) is 0 Å². The molecule has 0 fully saturated rings. The van der Waals surface area contributed by atoms with Crippen LogP contribution in [0, 0.1) is 0 Å². The summed E-state index contributed by atoms with van der Waals surface area (Å²) in [5, 5.41) is 14.1. The van der Waals surface area contributed by atoms with Crippen molar-refractivity contribution in [3.05, 3.63) is 69.7 Å². The molecule has 3 nitrogen and oxygen atoms in total. The largest absolute Gasteiger partial charge is 0.286 e. The first-order valence-corrected chi connectivity index (χ1v) is 6.81. The summed E-state index contributed by atoms with van der Waals surface area (Å²) < 4.78 is 0. The Morgan fingerprint density at radius 1 is 1.10 bits per heavy atom. The zero-order valence-electron chi connectivity index (χ0n) is 11.3. The number of hydrogen-bond acceptors (Lipinski definition) is 3. The van der Waals surface area contributed by atoms with Crippen molar-refractivity contribution in [2.75, 3.05) is 0 Å². The maximum Gasteiger partial charge on any atom is 0.151 e. The molecule has 0 aliphatic carbocycles. The van der Waals surface area contributed by atoms with Crippen LogP contribution in [0.4, 0.5) is 0 Å². The van der Waals surface area contributed by atoms with Crippen molar-refractivity contribution >= 4 is 17.3 Å². The van der Waals surface area contributed by atoms with Gasteiger partial charge < -0.3 is 0 Å². The van der Waals surface area contributed by atoms with E-state index in [0.717, 1.165) is 21.8 Å². The second-order valence-electron chi connectivity index (χ2n) is 5.29. The molecule has 3 rings (SSSR count). The van der Waals surface area contributed by atoms with E-state index in [1.54, 1.807) is 0 Å². The van der Waals surface area contributed by atoms with E-state index >= 15 is 0 Å². The predicted octanol–water partition coefficient (Wildman–Crippen LogP) is 2.56. The molecule has 1 N–H and O–H groups in total. The first-order valence-electron chi connectivity index (χ1n) is 6.43. The van der Waals surface area contributed by atoms with Gasteiger partial charge in [-0.1, -0.05) is 41.9 Å². The average molecular weight is 287 g/mol. The van der Waals surface area contributed by atoms with Gasteiger partial charge >= 0.3 is 0 Å². The molecule has 102 valence electrons. The lowest BCUT2D eigenvalue weighted by molar-refractivity contribution is -0.105. The van der Waals surface area contributed by atoms with Crippen LogP contribution in [0.3, 0.4) is 0 Å². The summed E-state index contributed by atoms with van der Waals surface area (Å²) in [5.41, 5.74) is 0.941. The Bertz CT molecular complexity index is 769. The van der Waals surface area contributed by atoms with Crippen molar-refractivity contribution in [2.24, 2.45) is 4.99 Å². The molecule has 0 saturated carbocycles. The average Bonchev–Trinajstić information content (AvgIpc) is 2.42. The third kappa shape index (κ3) is 2.09. The zero-order chi connectivity index (χ0) is 14.3. The number of fused-ring (bicyclic) bond motifs is 1. The first-order chi connectivity index (χ1) is 9.49. The molecule has 0 unspecified atom stereocenters. The number of rotatable bonds is 1. The lowest BCUT2D eigenvalue weighted by atomic mass is 10.0. The monoisotopic (exact) mass is 286 g/mol. The molecule has 1 aliphatic rings. The van der Waals surface area contributed by atoms with Crippen molar-refractivity contribution in [2.45, 2.75) is 19.5 Å². The zero-order valence-corrected chi connectivity index (χ0v) is 12.1. The molecule has 20 heavy (non-hydrogen) atoms. The van der Waals surface area contributed by atoms with Crippen LogP contribution in [0.15, 0.2) is 53.5 Å². The Balaban J connectivity index is 2.43. The highest BCUT2D eigenvalue weighted by atomic mass is 35.5. The third-order valence-electron chi connectivity index (χ3n) is 3.39. The summed E-state index contributed by atoms with van der Waals surface area (Å²) >= 11 is 6.09. The van der Waals surface area contributed by atoms with Crippen LogP contribution in [0.1, 0.15) is 19.4 Å². The molecule has 0 amide bonds. The Kier molecular flexibility index (Phi) is 3.04. The van der Waals surface area contributed by atoms with Crippen molar-refractivity contribution < 1.29 is 5.21 Å². The SMILES string of the molecule is CC1(C)N=c2ccc(Cl)cc2=C(c2ccccc2)N1O. The fraction of sp³-hybridized carbons (Fsp3) is 0.188. The van der Waals surface area contributed by atoms with Crippen molar-refractivity contribution in [3.63, 3.8) is 0 Å². The molecule has 0 bridgehead atoms. The predicted molar refractivity (Wildman–Crippen MR) is 78.9 cm³/mol. The third-order valence-corrected chi connectivity index (χ3v) is 3.62. The summed E-state index contributed by atoms with van der Waals surface area (Å²) in [4.78, 5) is 4.57. The van der Waals surface area contributed by atoms with Crippen LogP contribution < -0.4 is 10.6 Å². The van der Waals surface area contributed by atoms with E-state index in [9.17, 15) is 5.21 Å². The van der Waals surface area contributed by atoms with Crippen molar-refractivity contribution in [1.29, 1.82) is 0 Å². The number of nitrogens with zero attached hydrogens (tertiary/aromatic N) is 2. The van der Waals surface area contributed by atoms with Gasteiger partial charge in [0.05, 0.1) is 11.1 Å². The summed E-state index contributed by atoms with van der Waals surface area (Å²) in [6, 6.07) is 15.3. The van der Waals surface area contributed by atoms with Gasteiger partial charge in [-0.2, -0.15) is 0 Å². The van der Waals surface area contributed by atoms with E-state index < -0.39 is 5.66 Å². The topological polar surface area (TPSA) is 35.8 Å². The van der Waals surface area contributed by atoms with E-state index in [4.69, 9.17) is 11.6 Å². The highest BCUT2D eigenvalue weighted by molar-refractivity contribution is 6.30. The first kappa shape index (κ1) is 13.2. The molecule has 2 aromatic rings. The molecule has 2 aromatic carbocycles. The second kappa shape index (κ2) is 4.62. The lowest BCUT2D eigenvalue weighted by Crippen LogP contribution is -2.50. The molecule has 0 radical (unpaired) electrons. The summed E-state index contributed by atoms with van der Waals surface area (Å²) in [6.45, 7) is 3.74. The Morgan fingerprint density at radius 2 is 1.80 bits per heavy atom. The second-order valence-corrected chi connectivity index (χ2v) is 5.73. The number of hydroxylamine groups is 2. The normalized spacial score (nSPS) is 16.6. The molecular formula is C16H15ClN2O. The summed E-state index contributed by atoms with van der Waals surface area (Å²) in [7, 11) is 0. The fourth-order valence-corrected chi connectivity index (χ4v) is 2.57. The molecule has 0 aromatic heterocycles. The quantitative estimate of drug-likeness (QED) is 0.874. The van der Waals surface area contributed by atoms with E-state index in [1.165, 1.54) is 5.06 Å². The summed E-state index contributed by atoms with van der Waals surface area (Å²) in [6.07, 6.45) is 0. The molecule has 0 saturated heterocycles. The van der Waals surface area contributed by atoms with Crippen LogP contribution in [0.25, 0.3) is 5.70 Å². The van der Waals surface area contributed by atoms with Gasteiger partial charge in [-0.05, 0) is 32.0 Å². The summed E-state index contributed by atoms with van der Waals surface area (Å²) in [5.74, 6) is 0. The van der Waals surface area contributed by atoms with Gasteiger partial charge in [-0.25, -0.2) is 5.06 Å². The lowest BCUT2D eigenvalue weighted by Gasteiger charge is -2.35. The van der Waals surface area contributed by atoms with Crippen LogP contribution in [-0.4, -0.2) is 15.9 Å². The Labute approximate surface area is 122 Å². The minimum atomic E-state index is -0.716. The highest BCUT2D eigenvalue weighted by Crippen LogP contribution is 2.25. The molecule has 1 heterocycles. The van der Waals surface area contributed by atoms with Gasteiger partial charge in [-0.3, -0.25) is 10.2 Å². The number of halogens is 1. The molecular weight excluding hydrogens is 272 g/mol. The maximum atomic E-state index is 10.5. The minimum Gasteiger partial charge on any atom is -0.286 e. The van der Waals surface area contributed by atoms with E-state index in [-0.39, 0.29) is 0 Å². The van der Waals surface area contributed by atoms with E-state index in [2.05, 4.69) is 4.99 Å². The number of hydrogen-bond donors (Lipinski definition) is 1. The molecule has 0 atom stereocenters. The fourth-order valence-electron chi connectivity index (χ4n) is 2.40. The Hall–Kier alpha value is -1.84. The molecule has 4 heteroatoms. The van der Waals surface area contributed by atoms with Gasteiger partial charge in [0, 0.05) is 15.8 Å². The molecule has 1 aliphatic heterocycles. The number of benzene rings is 2. The van der Waals surface area contributed by atoms with Crippen LogP contribution in [0.2, 0.25) is 5.02 Å². The van der Waals surface area contributed by atoms with Gasteiger partial charge in [-0.15, -0.1) is 0 Å². The Morgan fingerprint density at radius 3 is 2.50 bits per heavy atom. The minimum absolute atomic E-state index is 0.625. The standard InChI is InChI=1S/C16H15ClN2O/c1-16(2)18-14-9-8-12(17)10-13(14)15(19(16)20)11-6-4-3-5-7-11/h3-10,20H,1-2H3. The van der Waals surface area contributed by atoms with Crippen molar-refractivity contribution in [1.82, 2.24) is 5.06 Å².